The summed E-state index contributed by atoms with van der Waals surface area (Å²) in [5, 5.41) is 5.33. The van der Waals surface area contributed by atoms with E-state index in [0.29, 0.717) is 29.8 Å². The van der Waals surface area contributed by atoms with E-state index in [1.54, 1.807) is 24.3 Å². The monoisotopic (exact) mass is 362 g/mol. The average molecular weight is 362 g/mol. The molecule has 2 N–H and O–H groups in total. The van der Waals surface area contributed by atoms with Crippen LogP contribution in [0.5, 0.6) is 5.75 Å². The van der Waals surface area contributed by atoms with Crippen molar-refractivity contribution in [1.29, 1.82) is 0 Å². The summed E-state index contributed by atoms with van der Waals surface area (Å²) in [6.07, 6.45) is 0. The Morgan fingerprint density at radius 1 is 1.12 bits per heavy atom. The van der Waals surface area contributed by atoms with Crippen LogP contribution in [0, 0.1) is 17.6 Å². The number of hydrogen-bond donors (Lipinski definition) is 2. The first-order chi connectivity index (χ1) is 12.4. The Labute approximate surface area is 150 Å². The minimum Gasteiger partial charge on any atom is -0.481 e. The van der Waals surface area contributed by atoms with Gasteiger partial charge in [-0.3, -0.25) is 9.59 Å². The molecule has 5 nitrogen and oxygen atoms in total. The van der Waals surface area contributed by atoms with Crippen molar-refractivity contribution in [2.45, 2.75) is 13.8 Å². The average Bonchev–Trinajstić information content (AvgIpc) is 2.59. The fraction of sp³-hybridized carbons (Fsp3) is 0.263. The Hall–Kier alpha value is -2.96. The van der Waals surface area contributed by atoms with E-state index in [2.05, 4.69) is 10.6 Å². The van der Waals surface area contributed by atoms with Crippen LogP contribution >= 0.6 is 0 Å². The number of para-hydroxylation sites is 1. The third kappa shape index (κ3) is 5.54. The molecule has 0 heterocycles. The number of hydrogen-bond acceptors (Lipinski definition) is 3. The standard InChI is InChI=1S/C19H20F2N2O3/c1-12(2)10-22-19(25)14-5-3-4-6-16(14)23-18(24)11-26-17-8-7-13(20)9-15(17)21/h3-9,12H,10-11H2,1-2H3,(H,22,25)(H,23,24). The molecule has 26 heavy (non-hydrogen) atoms. The van der Waals surface area contributed by atoms with Gasteiger partial charge in [0.05, 0.1) is 11.3 Å². The molecule has 2 aromatic carbocycles. The van der Waals surface area contributed by atoms with Gasteiger partial charge in [-0.15, -0.1) is 0 Å². The molecule has 0 aliphatic heterocycles. The molecule has 0 unspecified atom stereocenters. The molecule has 0 saturated carbocycles. The maximum Gasteiger partial charge on any atom is 0.262 e. The fourth-order valence-electron chi connectivity index (χ4n) is 2.10. The van der Waals surface area contributed by atoms with Crippen LogP contribution in [0.15, 0.2) is 42.5 Å². The van der Waals surface area contributed by atoms with Crippen molar-refractivity contribution >= 4 is 17.5 Å². The van der Waals surface area contributed by atoms with Gasteiger partial charge in [-0.2, -0.15) is 0 Å². The van der Waals surface area contributed by atoms with Gasteiger partial charge in [0.1, 0.15) is 5.82 Å². The first kappa shape index (κ1) is 19.4. The number of carbonyl (C=O) groups is 2. The van der Waals surface area contributed by atoms with Crippen LogP contribution in [-0.2, 0) is 4.79 Å². The molecule has 2 amide bonds. The number of amides is 2. The SMILES string of the molecule is CC(C)CNC(=O)c1ccccc1NC(=O)COc1ccc(F)cc1F. The third-order valence-corrected chi connectivity index (χ3v) is 3.37. The summed E-state index contributed by atoms with van der Waals surface area (Å²) in [6, 6.07) is 9.34. The number of carbonyl (C=O) groups excluding carboxylic acids is 2. The Kier molecular flexibility index (Phi) is 6.66. The fourth-order valence-corrected chi connectivity index (χ4v) is 2.10. The van der Waals surface area contributed by atoms with Gasteiger partial charge < -0.3 is 15.4 Å². The van der Waals surface area contributed by atoms with E-state index >= 15 is 0 Å². The van der Waals surface area contributed by atoms with E-state index in [4.69, 9.17) is 4.74 Å². The Morgan fingerprint density at radius 3 is 2.54 bits per heavy atom. The smallest absolute Gasteiger partial charge is 0.262 e. The molecule has 2 rings (SSSR count). The van der Waals surface area contributed by atoms with E-state index in [1.165, 1.54) is 0 Å². The van der Waals surface area contributed by atoms with Crippen molar-refractivity contribution < 1.29 is 23.1 Å². The van der Waals surface area contributed by atoms with Gasteiger partial charge >= 0.3 is 0 Å². The summed E-state index contributed by atoms with van der Waals surface area (Å²) in [6.45, 7) is 3.97. The third-order valence-electron chi connectivity index (χ3n) is 3.37. The molecule has 0 spiro atoms. The predicted molar refractivity (Wildman–Crippen MR) is 94.1 cm³/mol. The zero-order chi connectivity index (χ0) is 19.1. The Balaban J connectivity index is 1.99. The second kappa shape index (κ2) is 8.94. The highest BCUT2D eigenvalue weighted by atomic mass is 19.1. The van der Waals surface area contributed by atoms with Gasteiger partial charge in [0.25, 0.3) is 11.8 Å². The van der Waals surface area contributed by atoms with Gasteiger partial charge in [0, 0.05) is 12.6 Å². The van der Waals surface area contributed by atoms with E-state index in [9.17, 15) is 18.4 Å². The number of nitrogens with one attached hydrogen (secondary N) is 2. The van der Waals surface area contributed by atoms with Crippen molar-refractivity contribution in [2.75, 3.05) is 18.5 Å². The van der Waals surface area contributed by atoms with Crippen LogP contribution in [0.2, 0.25) is 0 Å². The summed E-state index contributed by atoms with van der Waals surface area (Å²) in [7, 11) is 0. The Bertz CT molecular complexity index is 794. The van der Waals surface area contributed by atoms with Crippen LogP contribution in [-0.4, -0.2) is 25.0 Å². The van der Waals surface area contributed by atoms with E-state index < -0.39 is 24.1 Å². The lowest BCUT2D eigenvalue weighted by molar-refractivity contribution is -0.118. The van der Waals surface area contributed by atoms with Crippen molar-refractivity contribution in [3.63, 3.8) is 0 Å². The number of ether oxygens (including phenoxy) is 1. The number of rotatable bonds is 7. The molecule has 0 radical (unpaired) electrons. The summed E-state index contributed by atoms with van der Waals surface area (Å²) >= 11 is 0. The normalized spacial score (nSPS) is 10.5. The molecule has 0 saturated heterocycles. The predicted octanol–water partition coefficient (Wildman–Crippen LogP) is 3.37. The highest BCUT2D eigenvalue weighted by molar-refractivity contribution is 6.04. The van der Waals surface area contributed by atoms with Gasteiger partial charge in [-0.1, -0.05) is 26.0 Å². The summed E-state index contributed by atoms with van der Waals surface area (Å²) in [4.78, 5) is 24.3. The molecule has 0 aromatic heterocycles. The zero-order valence-corrected chi connectivity index (χ0v) is 14.5. The van der Waals surface area contributed by atoms with Crippen molar-refractivity contribution in [2.24, 2.45) is 5.92 Å². The minimum absolute atomic E-state index is 0.232. The van der Waals surface area contributed by atoms with Crippen molar-refractivity contribution in [1.82, 2.24) is 5.32 Å². The summed E-state index contributed by atoms with van der Waals surface area (Å²) in [5.74, 6) is -2.45. The zero-order valence-electron chi connectivity index (χ0n) is 14.5. The van der Waals surface area contributed by atoms with Gasteiger partial charge in [-0.05, 0) is 30.2 Å². The molecule has 0 aliphatic carbocycles. The summed E-state index contributed by atoms with van der Waals surface area (Å²) in [5.41, 5.74) is 0.636. The van der Waals surface area contributed by atoms with Crippen LogP contribution in [0.3, 0.4) is 0 Å². The largest absolute Gasteiger partial charge is 0.481 e. The second-order valence-electron chi connectivity index (χ2n) is 6.06. The molecule has 7 heteroatoms. The Morgan fingerprint density at radius 2 is 1.85 bits per heavy atom. The topological polar surface area (TPSA) is 67.4 Å². The lowest BCUT2D eigenvalue weighted by atomic mass is 10.1. The molecule has 138 valence electrons. The van der Waals surface area contributed by atoms with E-state index in [1.807, 2.05) is 13.8 Å². The molecular weight excluding hydrogens is 342 g/mol. The molecule has 0 fully saturated rings. The first-order valence-corrected chi connectivity index (χ1v) is 8.11. The van der Waals surface area contributed by atoms with E-state index in [0.717, 1.165) is 12.1 Å². The molecule has 0 aliphatic rings. The molecule has 2 aromatic rings. The van der Waals surface area contributed by atoms with Crippen LogP contribution < -0.4 is 15.4 Å². The lowest BCUT2D eigenvalue weighted by Crippen LogP contribution is -2.29. The van der Waals surface area contributed by atoms with E-state index in [-0.39, 0.29) is 11.7 Å². The molecular formula is C19H20F2N2O3. The molecule has 0 bridgehead atoms. The highest BCUT2D eigenvalue weighted by Crippen LogP contribution is 2.18. The summed E-state index contributed by atoms with van der Waals surface area (Å²) < 4.78 is 31.4. The van der Waals surface area contributed by atoms with Crippen molar-refractivity contribution in [3.05, 3.63) is 59.7 Å². The van der Waals surface area contributed by atoms with Crippen LogP contribution in [0.25, 0.3) is 0 Å². The van der Waals surface area contributed by atoms with Gasteiger partial charge in [0.15, 0.2) is 18.2 Å². The van der Waals surface area contributed by atoms with Crippen LogP contribution in [0.1, 0.15) is 24.2 Å². The number of anilines is 1. The maximum absolute atomic E-state index is 13.5. The number of halogens is 2. The van der Waals surface area contributed by atoms with Crippen molar-refractivity contribution in [3.8, 4) is 5.75 Å². The quantitative estimate of drug-likeness (QED) is 0.794. The van der Waals surface area contributed by atoms with Gasteiger partial charge in [-0.25, -0.2) is 8.78 Å². The highest BCUT2D eigenvalue weighted by Gasteiger charge is 2.14. The number of benzene rings is 2. The second-order valence-corrected chi connectivity index (χ2v) is 6.06. The van der Waals surface area contributed by atoms with Gasteiger partial charge in [0.2, 0.25) is 0 Å². The lowest BCUT2D eigenvalue weighted by Gasteiger charge is -2.13. The minimum atomic E-state index is -0.897. The van der Waals surface area contributed by atoms with Crippen LogP contribution in [0.4, 0.5) is 14.5 Å². The maximum atomic E-state index is 13.5. The first-order valence-electron chi connectivity index (χ1n) is 8.11. The molecule has 0 atom stereocenters.